The maximum atomic E-state index is 12.8. The summed E-state index contributed by atoms with van der Waals surface area (Å²) in [7, 11) is 0. The lowest BCUT2D eigenvalue weighted by Gasteiger charge is -2.30. The Labute approximate surface area is 196 Å². The van der Waals surface area contributed by atoms with Crippen LogP contribution in [0.1, 0.15) is 39.4 Å². The lowest BCUT2D eigenvalue weighted by atomic mass is 9.96. The van der Waals surface area contributed by atoms with E-state index in [0.717, 1.165) is 0 Å². The highest BCUT2D eigenvalue weighted by Crippen LogP contribution is 2.22. The summed E-state index contributed by atoms with van der Waals surface area (Å²) in [5.41, 5.74) is 13.6. The molecule has 2 heterocycles. The molecule has 5 N–H and O–H groups in total. The molecule has 33 heavy (non-hydrogen) atoms. The number of carbonyl (C=O) groups is 3. The van der Waals surface area contributed by atoms with Crippen molar-refractivity contribution in [2.24, 2.45) is 11.7 Å². The number of hydrogen-bond donors (Lipinski definition) is 3. The Balaban J connectivity index is 0.00000324. The van der Waals surface area contributed by atoms with Gasteiger partial charge in [0.25, 0.3) is 11.8 Å². The molecule has 0 spiro atoms. The highest BCUT2D eigenvalue weighted by atomic mass is 16.2. The van der Waals surface area contributed by atoms with Crippen molar-refractivity contribution in [3.8, 4) is 11.3 Å². The van der Waals surface area contributed by atoms with Crippen LogP contribution in [0.15, 0.2) is 60.8 Å². The number of para-hydroxylation sites is 1. The van der Waals surface area contributed by atoms with Gasteiger partial charge in [-0.1, -0.05) is 30.3 Å². The molecule has 1 aliphatic rings. The van der Waals surface area contributed by atoms with E-state index >= 15 is 0 Å². The normalized spacial score (nSPS) is 14.0. The van der Waals surface area contributed by atoms with Gasteiger partial charge in [-0.3, -0.25) is 14.4 Å². The zero-order valence-corrected chi connectivity index (χ0v) is 17.9. The largest absolute Gasteiger partial charge is 0.382 e. The molecule has 0 bridgehead atoms. The van der Waals surface area contributed by atoms with E-state index in [2.05, 4.69) is 15.3 Å². The number of piperidine rings is 1. The van der Waals surface area contributed by atoms with Crippen LogP contribution in [0.2, 0.25) is 0 Å². The summed E-state index contributed by atoms with van der Waals surface area (Å²) in [5.74, 6) is -1.02. The average molecular weight is 453 g/mol. The third-order valence-corrected chi connectivity index (χ3v) is 5.66. The predicted molar refractivity (Wildman–Crippen MR) is 133 cm³/mol. The van der Waals surface area contributed by atoms with Crippen LogP contribution in [0.5, 0.6) is 0 Å². The number of anilines is 2. The number of hydrogen-bond acceptors (Lipinski definition) is 6. The van der Waals surface area contributed by atoms with Crippen LogP contribution in [0.25, 0.3) is 11.3 Å². The summed E-state index contributed by atoms with van der Waals surface area (Å²) in [6.45, 7) is 0.995. The van der Waals surface area contributed by atoms with Crippen LogP contribution >= 0.6 is 0 Å². The highest BCUT2D eigenvalue weighted by molar-refractivity contribution is 6.06. The van der Waals surface area contributed by atoms with Gasteiger partial charge in [-0.15, -0.1) is 0 Å². The van der Waals surface area contributed by atoms with Gasteiger partial charge in [-0.2, -0.15) is 0 Å². The van der Waals surface area contributed by atoms with E-state index in [9.17, 15) is 14.4 Å². The molecule has 0 radical (unpaired) electrons. The molecule has 3 amide bonds. The third kappa shape index (κ3) is 4.98. The van der Waals surface area contributed by atoms with Gasteiger partial charge < -0.3 is 21.7 Å². The minimum atomic E-state index is -0.459. The standard InChI is InChI=1S/C24H24N6O3.4H2/c25-21-20(23(32)28-18-4-2-1-3-5-18)29-19(14-27-21)15-6-8-17(9-7-15)24(33)30-12-10-16(11-13-30)22(26)31;;;;/h1-9,14,16H,10-13H2,(H2,25,27)(H2,26,31)(H,28,32);4*1H. The second kappa shape index (κ2) is 9.47. The van der Waals surface area contributed by atoms with Crippen molar-refractivity contribution in [2.75, 3.05) is 24.1 Å². The van der Waals surface area contributed by atoms with Crippen LogP contribution in [0.3, 0.4) is 0 Å². The Morgan fingerprint density at radius 1 is 1.00 bits per heavy atom. The molecule has 0 aliphatic carbocycles. The predicted octanol–water partition coefficient (Wildman–Crippen LogP) is 3.30. The lowest BCUT2D eigenvalue weighted by molar-refractivity contribution is -0.123. The summed E-state index contributed by atoms with van der Waals surface area (Å²) in [5, 5.41) is 2.75. The van der Waals surface area contributed by atoms with Crippen LogP contribution in [0, 0.1) is 5.92 Å². The number of carbonyl (C=O) groups excluding carboxylic acids is 3. The Kier molecular flexibility index (Phi) is 6.30. The minimum absolute atomic E-state index is 0. The number of nitrogens with zero attached hydrogens (tertiary/aromatic N) is 3. The van der Waals surface area contributed by atoms with Crippen molar-refractivity contribution in [1.82, 2.24) is 14.9 Å². The van der Waals surface area contributed by atoms with Crippen molar-refractivity contribution < 1.29 is 20.1 Å². The van der Waals surface area contributed by atoms with Gasteiger partial charge in [-0.25, -0.2) is 9.97 Å². The van der Waals surface area contributed by atoms with Gasteiger partial charge in [0, 0.05) is 41.5 Å². The monoisotopic (exact) mass is 452 g/mol. The summed E-state index contributed by atoms with van der Waals surface area (Å²) in [6, 6.07) is 15.9. The summed E-state index contributed by atoms with van der Waals surface area (Å²) >= 11 is 0. The van der Waals surface area contributed by atoms with Crippen LogP contribution in [0.4, 0.5) is 11.5 Å². The topological polar surface area (TPSA) is 144 Å². The molecule has 9 nitrogen and oxygen atoms in total. The van der Waals surface area contributed by atoms with Gasteiger partial charge in [-0.05, 0) is 37.1 Å². The Morgan fingerprint density at radius 3 is 2.30 bits per heavy atom. The van der Waals surface area contributed by atoms with Crippen molar-refractivity contribution in [2.45, 2.75) is 12.8 Å². The molecule has 176 valence electrons. The number of primary amides is 1. The lowest BCUT2D eigenvalue weighted by Crippen LogP contribution is -2.41. The van der Waals surface area contributed by atoms with Crippen molar-refractivity contribution in [3.05, 3.63) is 72.1 Å². The maximum absolute atomic E-state index is 12.8. The number of rotatable bonds is 5. The molecule has 1 fully saturated rings. The minimum Gasteiger partial charge on any atom is -0.382 e. The molecule has 1 aliphatic heterocycles. The highest BCUT2D eigenvalue weighted by Gasteiger charge is 2.26. The van der Waals surface area contributed by atoms with Gasteiger partial charge in [0.05, 0.1) is 11.9 Å². The molecule has 0 unspecified atom stereocenters. The number of aromatic nitrogens is 2. The van der Waals surface area contributed by atoms with E-state index in [0.29, 0.717) is 48.4 Å². The van der Waals surface area contributed by atoms with Crippen molar-refractivity contribution in [1.29, 1.82) is 0 Å². The SMILES string of the molecule is NC(=O)C1CCN(C(=O)c2ccc(-c3cnc(N)c(C(=O)Nc4ccccc4)n3)cc2)CC1.[HH].[HH].[HH].[HH]. The van der Waals surface area contributed by atoms with Crippen LogP contribution in [-0.4, -0.2) is 45.7 Å². The quantitative estimate of drug-likeness (QED) is 0.542. The van der Waals surface area contributed by atoms with Gasteiger partial charge >= 0.3 is 0 Å². The second-order valence-electron chi connectivity index (χ2n) is 7.86. The van der Waals surface area contributed by atoms with Crippen LogP contribution < -0.4 is 16.8 Å². The molecular formula is C24H32N6O3. The van der Waals surface area contributed by atoms with Gasteiger partial charge in [0.1, 0.15) is 0 Å². The zero-order valence-electron chi connectivity index (χ0n) is 17.9. The van der Waals surface area contributed by atoms with Crippen molar-refractivity contribution in [3.63, 3.8) is 0 Å². The number of nitrogens with two attached hydrogens (primary N) is 2. The Bertz CT molecular complexity index is 1190. The Hall–Kier alpha value is -4.27. The van der Waals surface area contributed by atoms with Crippen LogP contribution in [-0.2, 0) is 4.79 Å². The maximum Gasteiger partial charge on any atom is 0.278 e. The molecule has 4 rings (SSSR count). The number of likely N-dealkylation sites (tertiary alicyclic amines) is 1. The summed E-state index contributed by atoms with van der Waals surface area (Å²) in [6.07, 6.45) is 2.64. The number of nitrogens with one attached hydrogen (secondary N) is 1. The molecule has 3 aromatic rings. The van der Waals surface area contributed by atoms with Crippen molar-refractivity contribution >= 4 is 29.2 Å². The molecule has 9 heteroatoms. The average Bonchev–Trinajstić information content (AvgIpc) is 2.84. The molecule has 0 saturated carbocycles. The van der Waals surface area contributed by atoms with E-state index in [1.54, 1.807) is 41.3 Å². The first kappa shape index (κ1) is 21.9. The molecule has 0 atom stereocenters. The summed E-state index contributed by atoms with van der Waals surface area (Å²) in [4.78, 5) is 47.0. The molecule has 1 saturated heterocycles. The first-order chi connectivity index (χ1) is 15.9. The smallest absolute Gasteiger partial charge is 0.278 e. The second-order valence-corrected chi connectivity index (χ2v) is 7.86. The fraction of sp³-hybridized carbons (Fsp3) is 0.208. The summed E-state index contributed by atoms with van der Waals surface area (Å²) < 4.78 is 0. The number of benzene rings is 2. The first-order valence-electron chi connectivity index (χ1n) is 10.6. The van der Waals surface area contributed by atoms with E-state index in [1.807, 2.05) is 18.2 Å². The van der Waals surface area contributed by atoms with E-state index in [4.69, 9.17) is 11.5 Å². The van der Waals surface area contributed by atoms with Gasteiger partial charge in [0.15, 0.2) is 11.5 Å². The fourth-order valence-electron chi connectivity index (χ4n) is 3.75. The molecular weight excluding hydrogens is 420 g/mol. The molecule has 2 aromatic carbocycles. The molecule has 1 aromatic heterocycles. The van der Waals surface area contributed by atoms with Gasteiger partial charge in [0.2, 0.25) is 5.91 Å². The third-order valence-electron chi connectivity index (χ3n) is 5.66. The first-order valence-corrected chi connectivity index (χ1v) is 10.6. The van der Waals surface area contributed by atoms with E-state index in [1.165, 1.54) is 6.20 Å². The Morgan fingerprint density at radius 2 is 1.67 bits per heavy atom. The number of amides is 3. The zero-order chi connectivity index (χ0) is 23.4. The fourth-order valence-corrected chi connectivity index (χ4v) is 3.75. The number of nitrogen functional groups attached to an aromatic ring is 1. The van der Waals surface area contributed by atoms with E-state index in [-0.39, 0.29) is 35.0 Å². The van der Waals surface area contributed by atoms with E-state index < -0.39 is 5.91 Å².